The van der Waals surface area contributed by atoms with Crippen LogP contribution >= 0.6 is 0 Å². The lowest BCUT2D eigenvalue weighted by Crippen LogP contribution is -2.38. The molecule has 1 N–H and O–H groups in total. The Labute approximate surface area is 157 Å². The summed E-state index contributed by atoms with van der Waals surface area (Å²) in [4.78, 5) is 18.6. The zero-order chi connectivity index (χ0) is 18.6. The zero-order valence-corrected chi connectivity index (χ0v) is 15.3. The standard InChI is InChI=1S/C19H23N7O/c1-24-11-15(10-23-24)12-25-13-17(26-18(14-25)5-9-22-26)4-8-21-19(27)16-2-6-20-7-3-16/h2-3,5-7,9-11,17H,4,8,12-14H2,1H3,(H,21,27). The van der Waals surface area contributed by atoms with Crippen molar-refractivity contribution >= 4 is 5.91 Å². The lowest BCUT2D eigenvalue weighted by Gasteiger charge is -2.33. The van der Waals surface area contributed by atoms with Crippen LogP contribution in [0.1, 0.15) is 34.1 Å². The van der Waals surface area contributed by atoms with Gasteiger partial charge in [0.05, 0.1) is 17.9 Å². The molecule has 0 spiro atoms. The van der Waals surface area contributed by atoms with Crippen LogP contribution in [0.3, 0.4) is 0 Å². The third kappa shape index (κ3) is 4.06. The quantitative estimate of drug-likeness (QED) is 0.714. The van der Waals surface area contributed by atoms with Gasteiger partial charge in [0.1, 0.15) is 0 Å². The van der Waals surface area contributed by atoms with Crippen molar-refractivity contribution in [2.45, 2.75) is 25.6 Å². The predicted octanol–water partition coefficient (Wildman–Crippen LogP) is 1.39. The van der Waals surface area contributed by atoms with E-state index in [-0.39, 0.29) is 11.9 Å². The molecule has 0 aliphatic carbocycles. The first-order chi connectivity index (χ1) is 13.2. The predicted molar refractivity (Wildman–Crippen MR) is 99.8 cm³/mol. The Hall–Kier alpha value is -3.00. The van der Waals surface area contributed by atoms with Gasteiger partial charge >= 0.3 is 0 Å². The molecule has 1 atom stereocenters. The van der Waals surface area contributed by atoms with Gasteiger partial charge in [-0.15, -0.1) is 0 Å². The van der Waals surface area contributed by atoms with Gasteiger partial charge in [0.15, 0.2) is 0 Å². The molecule has 1 amide bonds. The minimum absolute atomic E-state index is 0.0684. The maximum absolute atomic E-state index is 12.2. The maximum atomic E-state index is 12.2. The van der Waals surface area contributed by atoms with Gasteiger partial charge in [-0.3, -0.25) is 24.0 Å². The summed E-state index contributed by atoms with van der Waals surface area (Å²) >= 11 is 0. The number of aromatic nitrogens is 5. The zero-order valence-electron chi connectivity index (χ0n) is 15.3. The first-order valence-corrected chi connectivity index (χ1v) is 9.09. The molecule has 4 rings (SSSR count). The van der Waals surface area contributed by atoms with Gasteiger partial charge < -0.3 is 5.32 Å². The van der Waals surface area contributed by atoms with Crippen LogP contribution in [0.5, 0.6) is 0 Å². The Kier molecular flexibility index (Phi) is 4.97. The molecule has 4 heterocycles. The number of pyridine rings is 1. The number of nitrogens with one attached hydrogen (secondary N) is 1. The molecule has 0 saturated heterocycles. The molecule has 1 aliphatic rings. The molecule has 0 saturated carbocycles. The average Bonchev–Trinajstić information content (AvgIpc) is 3.31. The summed E-state index contributed by atoms with van der Waals surface area (Å²) in [6.45, 7) is 3.23. The van der Waals surface area contributed by atoms with Crippen LogP contribution in [0.2, 0.25) is 0 Å². The minimum atomic E-state index is -0.0684. The van der Waals surface area contributed by atoms with E-state index in [1.807, 2.05) is 24.1 Å². The number of carbonyl (C=O) groups excluding carboxylic acids is 1. The largest absolute Gasteiger partial charge is 0.352 e. The summed E-state index contributed by atoms with van der Waals surface area (Å²) in [7, 11) is 1.93. The number of carbonyl (C=O) groups is 1. The van der Waals surface area contributed by atoms with E-state index >= 15 is 0 Å². The second kappa shape index (κ2) is 7.71. The van der Waals surface area contributed by atoms with Crippen molar-refractivity contribution in [3.05, 3.63) is 66.0 Å². The fourth-order valence-electron chi connectivity index (χ4n) is 3.57. The van der Waals surface area contributed by atoms with E-state index in [4.69, 9.17) is 0 Å². The van der Waals surface area contributed by atoms with Crippen molar-refractivity contribution in [2.24, 2.45) is 7.05 Å². The molecule has 0 aromatic carbocycles. The minimum Gasteiger partial charge on any atom is -0.352 e. The monoisotopic (exact) mass is 365 g/mol. The normalized spacial score (nSPS) is 16.9. The molecule has 3 aromatic heterocycles. The van der Waals surface area contributed by atoms with Crippen molar-refractivity contribution in [3.8, 4) is 0 Å². The van der Waals surface area contributed by atoms with Crippen molar-refractivity contribution < 1.29 is 4.79 Å². The molecular weight excluding hydrogens is 342 g/mol. The second-order valence-corrected chi connectivity index (χ2v) is 6.89. The van der Waals surface area contributed by atoms with Crippen molar-refractivity contribution in [3.63, 3.8) is 0 Å². The van der Waals surface area contributed by atoms with E-state index in [2.05, 4.69) is 42.3 Å². The number of hydrogen-bond acceptors (Lipinski definition) is 5. The van der Waals surface area contributed by atoms with Crippen molar-refractivity contribution in [1.82, 2.24) is 34.8 Å². The molecule has 0 radical (unpaired) electrons. The van der Waals surface area contributed by atoms with Crippen molar-refractivity contribution in [1.29, 1.82) is 0 Å². The van der Waals surface area contributed by atoms with Gasteiger partial charge in [0, 0.05) is 69.1 Å². The Bertz CT molecular complexity index is 902. The first kappa shape index (κ1) is 17.4. The van der Waals surface area contributed by atoms with E-state index in [1.165, 1.54) is 11.3 Å². The molecule has 8 heteroatoms. The second-order valence-electron chi connectivity index (χ2n) is 6.89. The first-order valence-electron chi connectivity index (χ1n) is 9.09. The third-order valence-corrected chi connectivity index (χ3v) is 4.82. The van der Waals surface area contributed by atoms with Gasteiger partial charge in [-0.1, -0.05) is 0 Å². The van der Waals surface area contributed by atoms with Crippen LogP contribution in [0, 0.1) is 0 Å². The molecule has 1 aliphatic heterocycles. The SMILES string of the molecule is Cn1cc(CN2Cc3ccnn3C(CCNC(=O)c3ccncc3)C2)cn1. The molecule has 140 valence electrons. The average molecular weight is 365 g/mol. The summed E-state index contributed by atoms with van der Waals surface area (Å²) in [5.74, 6) is -0.0684. The highest BCUT2D eigenvalue weighted by molar-refractivity contribution is 5.93. The van der Waals surface area contributed by atoms with Gasteiger partial charge in [-0.05, 0) is 24.6 Å². The number of rotatable bonds is 6. The molecule has 0 fully saturated rings. The van der Waals surface area contributed by atoms with Crippen LogP contribution in [-0.2, 0) is 20.1 Å². The van der Waals surface area contributed by atoms with E-state index in [0.717, 1.165) is 26.1 Å². The van der Waals surface area contributed by atoms with Crippen LogP contribution in [-0.4, -0.2) is 48.4 Å². The van der Waals surface area contributed by atoms with Gasteiger partial charge in [0.25, 0.3) is 5.91 Å². The molecule has 8 nitrogen and oxygen atoms in total. The number of aryl methyl sites for hydroxylation is 1. The molecule has 0 bridgehead atoms. The van der Waals surface area contributed by atoms with Gasteiger partial charge in [-0.25, -0.2) is 0 Å². The Morgan fingerprint density at radius 3 is 2.85 bits per heavy atom. The highest BCUT2D eigenvalue weighted by Crippen LogP contribution is 2.24. The number of hydrogen-bond donors (Lipinski definition) is 1. The topological polar surface area (TPSA) is 80.9 Å². The number of nitrogens with zero attached hydrogens (tertiary/aromatic N) is 6. The summed E-state index contributed by atoms with van der Waals surface area (Å²) in [6, 6.07) is 5.74. The molecule has 3 aromatic rings. The van der Waals surface area contributed by atoms with Gasteiger partial charge in [-0.2, -0.15) is 10.2 Å². The molecular formula is C19H23N7O. The summed E-state index contributed by atoms with van der Waals surface area (Å²) < 4.78 is 3.92. The van der Waals surface area contributed by atoms with Crippen LogP contribution in [0.4, 0.5) is 0 Å². The summed E-state index contributed by atoms with van der Waals surface area (Å²) in [5.41, 5.74) is 3.04. The fraction of sp³-hybridized carbons (Fsp3) is 0.368. The Balaban J connectivity index is 1.37. The number of fused-ring (bicyclic) bond motifs is 1. The highest BCUT2D eigenvalue weighted by atomic mass is 16.1. The van der Waals surface area contributed by atoms with Crippen molar-refractivity contribution in [2.75, 3.05) is 13.1 Å². The fourth-order valence-corrected chi connectivity index (χ4v) is 3.57. The van der Waals surface area contributed by atoms with Crippen LogP contribution in [0.25, 0.3) is 0 Å². The molecule has 27 heavy (non-hydrogen) atoms. The maximum Gasteiger partial charge on any atom is 0.251 e. The van der Waals surface area contributed by atoms with E-state index in [1.54, 1.807) is 24.5 Å². The smallest absolute Gasteiger partial charge is 0.251 e. The van der Waals surface area contributed by atoms with Crippen LogP contribution < -0.4 is 5.32 Å². The number of amides is 1. The van der Waals surface area contributed by atoms with Crippen LogP contribution in [0.15, 0.2) is 49.2 Å². The van der Waals surface area contributed by atoms with E-state index in [0.29, 0.717) is 12.1 Å². The Morgan fingerprint density at radius 1 is 1.22 bits per heavy atom. The Morgan fingerprint density at radius 2 is 2.07 bits per heavy atom. The highest BCUT2D eigenvalue weighted by Gasteiger charge is 2.25. The van der Waals surface area contributed by atoms with Gasteiger partial charge in [0.2, 0.25) is 0 Å². The van der Waals surface area contributed by atoms with E-state index in [9.17, 15) is 4.79 Å². The lowest BCUT2D eigenvalue weighted by molar-refractivity contribution is 0.0947. The summed E-state index contributed by atoms with van der Waals surface area (Å²) in [6.07, 6.45) is 9.90. The lowest BCUT2D eigenvalue weighted by atomic mass is 10.1. The van der Waals surface area contributed by atoms with E-state index < -0.39 is 0 Å². The summed E-state index contributed by atoms with van der Waals surface area (Å²) in [5, 5.41) is 11.7. The third-order valence-electron chi connectivity index (χ3n) is 4.82. The molecule has 1 unspecified atom stereocenters.